The first-order chi connectivity index (χ1) is 9.22. The first kappa shape index (κ1) is 16.5. The van der Waals surface area contributed by atoms with E-state index in [9.17, 15) is 5.11 Å². The highest BCUT2D eigenvalue weighted by Crippen LogP contribution is 2.23. The topological polar surface area (TPSA) is 76.2 Å². The highest BCUT2D eigenvalue weighted by atomic mass is 32.1. The molecule has 4 nitrogen and oxygen atoms in total. The smallest absolute Gasteiger partial charge is 0.355 e. The standard InChI is InChI=1S/C9H12.C6H11N3OS/c1-7-4-8(2)6-9(3)5-7;1-3-5(4(2)10)11-6(7)9(3)8/h4-6H,1-3H3;4,7,10H,8H2,1-2H3/p+1. The lowest BCUT2D eigenvalue weighted by molar-refractivity contribution is -0.626. The van der Waals surface area contributed by atoms with Gasteiger partial charge in [0.05, 0.1) is 11.0 Å². The lowest BCUT2D eigenvalue weighted by Crippen LogP contribution is -2.47. The maximum atomic E-state index is 9.23. The maximum Gasteiger partial charge on any atom is 0.355 e. The Balaban J connectivity index is 0.000000204. The van der Waals surface area contributed by atoms with Crippen molar-refractivity contribution in [1.82, 2.24) is 0 Å². The van der Waals surface area contributed by atoms with Crippen molar-refractivity contribution in [1.29, 1.82) is 0 Å². The van der Waals surface area contributed by atoms with Crippen LogP contribution in [-0.2, 0) is 0 Å². The number of thiazole rings is 1. The number of aliphatic hydroxyl groups is 1. The summed E-state index contributed by atoms with van der Waals surface area (Å²) in [4.78, 5) is 0.824. The Morgan fingerprint density at radius 2 is 1.45 bits per heavy atom. The first-order valence-electron chi connectivity index (χ1n) is 6.51. The SMILES string of the molecule is Cc1c(C(C)O)sc(N)[n+]1N.Cc1cc(C)cc(C)c1. The van der Waals surface area contributed by atoms with E-state index in [2.05, 4.69) is 39.0 Å². The Morgan fingerprint density at radius 1 is 1.05 bits per heavy atom. The van der Waals surface area contributed by atoms with Gasteiger partial charge in [0.1, 0.15) is 5.69 Å². The Labute approximate surface area is 124 Å². The van der Waals surface area contributed by atoms with E-state index in [1.165, 1.54) is 32.7 Å². The van der Waals surface area contributed by atoms with Crippen molar-refractivity contribution in [2.24, 2.45) is 0 Å². The van der Waals surface area contributed by atoms with E-state index in [0.717, 1.165) is 10.6 Å². The van der Waals surface area contributed by atoms with Crippen LogP contribution in [0.3, 0.4) is 0 Å². The molecular formula is C15H24N3OS+. The van der Waals surface area contributed by atoms with Gasteiger partial charge >= 0.3 is 5.13 Å². The molecular weight excluding hydrogens is 270 g/mol. The van der Waals surface area contributed by atoms with E-state index in [0.29, 0.717) is 5.13 Å². The average Bonchev–Trinajstić information content (AvgIpc) is 2.56. The van der Waals surface area contributed by atoms with E-state index < -0.39 is 6.10 Å². The van der Waals surface area contributed by atoms with Crippen molar-refractivity contribution in [3.8, 4) is 0 Å². The summed E-state index contributed by atoms with van der Waals surface area (Å²) in [6, 6.07) is 6.56. The Kier molecular flexibility index (Phi) is 5.53. The number of benzene rings is 1. The van der Waals surface area contributed by atoms with Crippen LogP contribution >= 0.6 is 11.3 Å². The summed E-state index contributed by atoms with van der Waals surface area (Å²) in [6.45, 7) is 9.90. The van der Waals surface area contributed by atoms with Gasteiger partial charge in [-0.1, -0.05) is 34.9 Å². The van der Waals surface area contributed by atoms with Crippen LogP contribution < -0.4 is 16.3 Å². The molecule has 0 aliphatic heterocycles. The second kappa shape index (κ2) is 6.72. The molecule has 2 aromatic rings. The number of hydrogen-bond acceptors (Lipinski definition) is 4. The van der Waals surface area contributed by atoms with Crippen molar-refractivity contribution in [3.05, 3.63) is 45.5 Å². The zero-order chi connectivity index (χ0) is 15.4. The third-order valence-electron chi connectivity index (χ3n) is 2.92. The lowest BCUT2D eigenvalue weighted by Gasteiger charge is -1.97. The highest BCUT2D eigenvalue weighted by molar-refractivity contribution is 7.15. The van der Waals surface area contributed by atoms with Crippen LogP contribution in [0.15, 0.2) is 18.2 Å². The fourth-order valence-electron chi connectivity index (χ4n) is 2.11. The fraction of sp³-hybridized carbons (Fsp3) is 0.400. The molecule has 1 aromatic carbocycles. The third kappa shape index (κ3) is 4.21. The molecule has 1 heterocycles. The number of rotatable bonds is 1. The molecule has 1 unspecified atom stereocenters. The van der Waals surface area contributed by atoms with Crippen molar-refractivity contribution >= 4 is 16.5 Å². The zero-order valence-corrected chi connectivity index (χ0v) is 13.6. The van der Waals surface area contributed by atoms with Gasteiger partial charge in [0, 0.05) is 6.92 Å². The van der Waals surface area contributed by atoms with Crippen LogP contribution in [0.5, 0.6) is 0 Å². The van der Waals surface area contributed by atoms with Gasteiger partial charge in [-0.25, -0.2) is 0 Å². The van der Waals surface area contributed by atoms with Gasteiger partial charge in [-0.2, -0.15) is 0 Å². The summed E-state index contributed by atoms with van der Waals surface area (Å²) < 4.78 is 1.38. The van der Waals surface area contributed by atoms with Crippen molar-refractivity contribution in [2.45, 2.75) is 40.7 Å². The molecule has 2 rings (SSSR count). The summed E-state index contributed by atoms with van der Waals surface area (Å²) in [5.74, 6) is 5.53. The fourth-order valence-corrected chi connectivity index (χ4v) is 2.99. The Morgan fingerprint density at radius 3 is 1.65 bits per heavy atom. The summed E-state index contributed by atoms with van der Waals surface area (Å²) in [7, 11) is 0. The van der Waals surface area contributed by atoms with Gasteiger partial charge in [0.15, 0.2) is 0 Å². The molecule has 20 heavy (non-hydrogen) atoms. The lowest BCUT2D eigenvalue weighted by atomic mass is 10.1. The Bertz CT molecular complexity index is 541. The van der Waals surface area contributed by atoms with Crippen LogP contribution in [0.1, 0.15) is 40.3 Å². The number of nitrogens with zero attached hydrogens (tertiary/aromatic N) is 1. The number of aromatic nitrogens is 1. The second-order valence-electron chi connectivity index (χ2n) is 5.10. The molecule has 0 fully saturated rings. The Hall–Kier alpha value is -1.59. The van der Waals surface area contributed by atoms with E-state index in [4.69, 9.17) is 11.6 Å². The molecule has 0 aliphatic carbocycles. The molecule has 0 radical (unpaired) electrons. The van der Waals surface area contributed by atoms with Gasteiger partial charge in [0.2, 0.25) is 0 Å². The second-order valence-corrected chi connectivity index (χ2v) is 6.16. The number of nitrogens with two attached hydrogens (primary N) is 2. The molecule has 0 spiro atoms. The van der Waals surface area contributed by atoms with Crippen molar-refractivity contribution in [2.75, 3.05) is 11.6 Å². The third-order valence-corrected chi connectivity index (χ3v) is 4.18. The van der Waals surface area contributed by atoms with Gasteiger partial charge in [-0.05, 0) is 39.0 Å². The van der Waals surface area contributed by atoms with E-state index >= 15 is 0 Å². The minimum Gasteiger partial charge on any atom is -0.388 e. The highest BCUT2D eigenvalue weighted by Gasteiger charge is 2.18. The van der Waals surface area contributed by atoms with E-state index in [1.54, 1.807) is 6.92 Å². The monoisotopic (exact) mass is 294 g/mol. The van der Waals surface area contributed by atoms with Gasteiger partial charge < -0.3 is 5.11 Å². The first-order valence-corrected chi connectivity index (χ1v) is 7.33. The number of aryl methyl sites for hydroxylation is 3. The number of aliphatic hydroxyl groups excluding tert-OH is 1. The number of nitrogen functional groups attached to an aromatic ring is 2. The van der Waals surface area contributed by atoms with Crippen molar-refractivity contribution in [3.63, 3.8) is 0 Å². The average molecular weight is 294 g/mol. The van der Waals surface area contributed by atoms with Gasteiger partial charge in [-0.15, -0.1) is 4.68 Å². The summed E-state index contributed by atoms with van der Waals surface area (Å²) in [5.41, 5.74) is 10.4. The molecule has 5 N–H and O–H groups in total. The van der Waals surface area contributed by atoms with Crippen LogP contribution in [0.4, 0.5) is 5.13 Å². The minimum atomic E-state index is -0.493. The van der Waals surface area contributed by atoms with Crippen LogP contribution in [0.25, 0.3) is 0 Å². The van der Waals surface area contributed by atoms with Crippen LogP contribution in [-0.4, -0.2) is 5.11 Å². The van der Waals surface area contributed by atoms with Crippen LogP contribution in [0, 0.1) is 27.7 Å². The molecule has 5 heteroatoms. The molecule has 110 valence electrons. The van der Waals surface area contributed by atoms with Gasteiger partial charge in [0.25, 0.3) is 0 Å². The van der Waals surface area contributed by atoms with Gasteiger partial charge in [-0.3, -0.25) is 11.6 Å². The maximum absolute atomic E-state index is 9.23. The predicted molar refractivity (Wildman–Crippen MR) is 85.1 cm³/mol. The summed E-state index contributed by atoms with van der Waals surface area (Å²) in [5, 5.41) is 9.74. The summed E-state index contributed by atoms with van der Waals surface area (Å²) in [6.07, 6.45) is -0.493. The molecule has 0 saturated carbocycles. The van der Waals surface area contributed by atoms with E-state index in [-0.39, 0.29) is 0 Å². The molecule has 1 aromatic heterocycles. The molecule has 0 amide bonds. The predicted octanol–water partition coefficient (Wildman–Crippen LogP) is 2.31. The number of hydrogen-bond donors (Lipinski definition) is 3. The zero-order valence-electron chi connectivity index (χ0n) is 12.8. The largest absolute Gasteiger partial charge is 0.388 e. The molecule has 1 atom stereocenters. The minimum absolute atomic E-state index is 0.493. The number of anilines is 1. The quantitative estimate of drug-likeness (QED) is 0.558. The normalized spacial score (nSPS) is 11.7. The molecule has 0 bridgehead atoms. The molecule has 0 saturated heterocycles. The van der Waals surface area contributed by atoms with Crippen LogP contribution in [0.2, 0.25) is 0 Å². The summed E-state index contributed by atoms with van der Waals surface area (Å²) >= 11 is 1.31. The van der Waals surface area contributed by atoms with E-state index in [1.807, 2.05) is 6.92 Å². The van der Waals surface area contributed by atoms with Crippen molar-refractivity contribution < 1.29 is 9.78 Å². The molecule has 0 aliphatic rings.